The summed E-state index contributed by atoms with van der Waals surface area (Å²) in [7, 11) is 0. The van der Waals surface area contributed by atoms with Gasteiger partial charge in [-0.25, -0.2) is 0 Å². The fraction of sp³-hybridized carbons (Fsp3) is 0.263. The van der Waals surface area contributed by atoms with E-state index in [-0.39, 0.29) is 18.0 Å². The molecule has 1 heterocycles. The number of non-ortho nitro benzene ring substituents is 1. The number of hydrogen-bond donors (Lipinski definition) is 1. The standard InChI is InChI=1S/C19H19N3O5/c23-18(20-15-6-8-16(9-7-15)22(25)26)12-17-19(24)27-11-10-21(17)13-14-4-2-1-3-5-14/h1-9,17H,10-13H2,(H,20,23)/t17-/m1/s1. The molecule has 1 saturated heterocycles. The molecule has 3 rings (SSSR count). The van der Waals surface area contributed by atoms with E-state index in [1.54, 1.807) is 0 Å². The third-order valence-corrected chi connectivity index (χ3v) is 4.30. The van der Waals surface area contributed by atoms with Crippen molar-refractivity contribution in [2.75, 3.05) is 18.5 Å². The van der Waals surface area contributed by atoms with Gasteiger partial charge in [0.25, 0.3) is 5.69 Å². The number of carbonyl (C=O) groups excluding carboxylic acids is 2. The van der Waals surface area contributed by atoms with Crippen molar-refractivity contribution < 1.29 is 19.2 Å². The van der Waals surface area contributed by atoms with Crippen LogP contribution in [0.1, 0.15) is 12.0 Å². The number of esters is 1. The van der Waals surface area contributed by atoms with Crippen LogP contribution < -0.4 is 5.32 Å². The van der Waals surface area contributed by atoms with Gasteiger partial charge in [-0.1, -0.05) is 30.3 Å². The number of amides is 1. The summed E-state index contributed by atoms with van der Waals surface area (Å²) in [4.78, 5) is 36.6. The predicted octanol–water partition coefficient (Wildman–Crippen LogP) is 2.35. The van der Waals surface area contributed by atoms with Crippen LogP contribution in [0.5, 0.6) is 0 Å². The molecule has 0 radical (unpaired) electrons. The summed E-state index contributed by atoms with van der Waals surface area (Å²) in [6.07, 6.45) is -0.0529. The normalized spacial score (nSPS) is 17.2. The highest BCUT2D eigenvalue weighted by molar-refractivity contribution is 5.94. The zero-order chi connectivity index (χ0) is 19.2. The topological polar surface area (TPSA) is 102 Å². The summed E-state index contributed by atoms with van der Waals surface area (Å²) in [5.41, 5.74) is 1.43. The van der Waals surface area contributed by atoms with Gasteiger partial charge in [0.15, 0.2) is 0 Å². The molecule has 8 nitrogen and oxygen atoms in total. The van der Waals surface area contributed by atoms with Crippen molar-refractivity contribution in [3.05, 3.63) is 70.3 Å². The molecular formula is C19H19N3O5. The third kappa shape index (κ3) is 4.89. The molecular weight excluding hydrogens is 350 g/mol. The number of hydrogen-bond acceptors (Lipinski definition) is 6. The Morgan fingerprint density at radius 2 is 1.89 bits per heavy atom. The summed E-state index contributed by atoms with van der Waals surface area (Å²) < 4.78 is 5.12. The Balaban J connectivity index is 1.64. The number of carbonyl (C=O) groups is 2. The van der Waals surface area contributed by atoms with Crippen molar-refractivity contribution in [2.45, 2.75) is 19.0 Å². The largest absolute Gasteiger partial charge is 0.463 e. The third-order valence-electron chi connectivity index (χ3n) is 4.30. The molecule has 1 atom stereocenters. The zero-order valence-electron chi connectivity index (χ0n) is 14.5. The number of ether oxygens (including phenoxy) is 1. The SMILES string of the molecule is O=C(C[C@@H]1C(=O)OCCN1Cc1ccccc1)Nc1ccc([N+](=O)[O-])cc1. The van der Waals surface area contributed by atoms with E-state index in [1.165, 1.54) is 24.3 Å². The maximum Gasteiger partial charge on any atom is 0.323 e. The lowest BCUT2D eigenvalue weighted by Gasteiger charge is -2.33. The highest BCUT2D eigenvalue weighted by atomic mass is 16.6. The highest BCUT2D eigenvalue weighted by Crippen LogP contribution is 2.19. The molecule has 0 spiro atoms. The Labute approximate surface area is 155 Å². The molecule has 1 N–H and O–H groups in total. The molecule has 0 aromatic heterocycles. The van der Waals surface area contributed by atoms with Crippen molar-refractivity contribution in [2.24, 2.45) is 0 Å². The summed E-state index contributed by atoms with van der Waals surface area (Å²) >= 11 is 0. The Bertz CT molecular complexity index is 823. The van der Waals surface area contributed by atoms with Crippen molar-refractivity contribution in [1.82, 2.24) is 4.90 Å². The molecule has 8 heteroatoms. The Hall–Kier alpha value is -3.26. The number of rotatable bonds is 6. The van der Waals surface area contributed by atoms with Gasteiger partial charge in [-0.05, 0) is 17.7 Å². The van der Waals surface area contributed by atoms with Gasteiger partial charge in [-0.15, -0.1) is 0 Å². The molecule has 2 aromatic rings. The first-order valence-electron chi connectivity index (χ1n) is 8.52. The molecule has 0 aliphatic carbocycles. The quantitative estimate of drug-likeness (QED) is 0.476. The lowest BCUT2D eigenvalue weighted by atomic mass is 10.1. The molecule has 1 amide bonds. The van der Waals surface area contributed by atoms with Crippen LogP contribution in [0.4, 0.5) is 11.4 Å². The number of morpholine rings is 1. The Kier molecular flexibility index (Phi) is 5.77. The van der Waals surface area contributed by atoms with E-state index in [0.29, 0.717) is 25.4 Å². The molecule has 1 fully saturated rings. The first kappa shape index (κ1) is 18.5. The average molecular weight is 369 g/mol. The van der Waals surface area contributed by atoms with E-state index in [2.05, 4.69) is 5.32 Å². The summed E-state index contributed by atoms with van der Waals surface area (Å²) in [6, 6.07) is 14.6. The van der Waals surface area contributed by atoms with Crippen LogP contribution in [0.3, 0.4) is 0 Å². The highest BCUT2D eigenvalue weighted by Gasteiger charge is 2.33. The van der Waals surface area contributed by atoms with Crippen molar-refractivity contribution >= 4 is 23.3 Å². The van der Waals surface area contributed by atoms with E-state index < -0.39 is 16.9 Å². The van der Waals surface area contributed by atoms with Crippen LogP contribution in [-0.2, 0) is 20.9 Å². The van der Waals surface area contributed by atoms with E-state index in [0.717, 1.165) is 5.56 Å². The number of nitrogens with zero attached hydrogens (tertiary/aromatic N) is 2. The van der Waals surface area contributed by atoms with Gasteiger partial charge in [0.2, 0.25) is 5.91 Å². The molecule has 2 aromatic carbocycles. The van der Waals surface area contributed by atoms with Crippen molar-refractivity contribution in [1.29, 1.82) is 0 Å². The first-order chi connectivity index (χ1) is 13.0. The van der Waals surface area contributed by atoms with Crippen LogP contribution in [0.2, 0.25) is 0 Å². The van der Waals surface area contributed by atoms with Crippen LogP contribution in [0.15, 0.2) is 54.6 Å². The first-order valence-corrected chi connectivity index (χ1v) is 8.52. The van der Waals surface area contributed by atoms with Crippen LogP contribution in [0, 0.1) is 10.1 Å². The number of benzene rings is 2. The number of nitro benzene ring substituents is 1. The van der Waals surface area contributed by atoms with Crippen LogP contribution in [-0.4, -0.2) is 40.9 Å². The minimum absolute atomic E-state index is 0.0529. The fourth-order valence-electron chi connectivity index (χ4n) is 2.94. The second kappa shape index (κ2) is 8.41. The van der Waals surface area contributed by atoms with Gasteiger partial charge in [-0.3, -0.25) is 24.6 Å². The number of nitro groups is 1. The molecule has 140 valence electrons. The van der Waals surface area contributed by atoms with Gasteiger partial charge >= 0.3 is 5.97 Å². The number of nitrogens with one attached hydrogen (secondary N) is 1. The van der Waals surface area contributed by atoms with Gasteiger partial charge in [0, 0.05) is 30.9 Å². The molecule has 1 aliphatic heterocycles. The summed E-state index contributed by atoms with van der Waals surface area (Å²) in [5, 5.41) is 13.3. The molecule has 0 bridgehead atoms. The molecule has 0 unspecified atom stereocenters. The second-order valence-corrected chi connectivity index (χ2v) is 6.20. The fourth-order valence-corrected chi connectivity index (χ4v) is 2.94. The lowest BCUT2D eigenvalue weighted by Crippen LogP contribution is -2.49. The summed E-state index contributed by atoms with van der Waals surface area (Å²) in [5.74, 6) is -0.776. The average Bonchev–Trinajstić information content (AvgIpc) is 2.66. The minimum Gasteiger partial charge on any atom is -0.463 e. The lowest BCUT2D eigenvalue weighted by molar-refractivity contribution is -0.384. The summed E-state index contributed by atoms with van der Waals surface area (Å²) in [6.45, 7) is 1.40. The van der Waals surface area contributed by atoms with Crippen molar-refractivity contribution in [3.63, 3.8) is 0 Å². The van der Waals surface area contributed by atoms with E-state index >= 15 is 0 Å². The van der Waals surface area contributed by atoms with Gasteiger partial charge < -0.3 is 10.1 Å². The van der Waals surface area contributed by atoms with E-state index in [4.69, 9.17) is 4.74 Å². The minimum atomic E-state index is -0.669. The predicted molar refractivity (Wildman–Crippen MR) is 97.9 cm³/mol. The Morgan fingerprint density at radius 1 is 1.19 bits per heavy atom. The van der Waals surface area contributed by atoms with Gasteiger partial charge in [0.05, 0.1) is 11.3 Å². The maximum absolute atomic E-state index is 12.4. The van der Waals surface area contributed by atoms with Crippen LogP contribution in [0.25, 0.3) is 0 Å². The zero-order valence-corrected chi connectivity index (χ0v) is 14.5. The maximum atomic E-state index is 12.4. The monoisotopic (exact) mass is 369 g/mol. The van der Waals surface area contributed by atoms with Crippen molar-refractivity contribution in [3.8, 4) is 0 Å². The van der Waals surface area contributed by atoms with Crippen LogP contribution >= 0.6 is 0 Å². The molecule has 27 heavy (non-hydrogen) atoms. The second-order valence-electron chi connectivity index (χ2n) is 6.20. The Morgan fingerprint density at radius 3 is 2.56 bits per heavy atom. The van der Waals surface area contributed by atoms with Gasteiger partial charge in [-0.2, -0.15) is 0 Å². The van der Waals surface area contributed by atoms with E-state index in [1.807, 2.05) is 35.2 Å². The number of anilines is 1. The van der Waals surface area contributed by atoms with Gasteiger partial charge in [0.1, 0.15) is 12.6 Å². The molecule has 0 saturated carbocycles. The smallest absolute Gasteiger partial charge is 0.323 e. The molecule has 1 aliphatic rings. The number of cyclic esters (lactones) is 1. The van der Waals surface area contributed by atoms with E-state index in [9.17, 15) is 19.7 Å².